The van der Waals surface area contributed by atoms with E-state index in [1.54, 1.807) is 6.07 Å². The van der Waals surface area contributed by atoms with E-state index in [4.69, 9.17) is 0 Å². The molecule has 2 aromatic carbocycles. The molecule has 2 amide bonds. The molecule has 2 rings (SSSR count). The zero-order chi connectivity index (χ0) is 19.3. The van der Waals surface area contributed by atoms with Gasteiger partial charge in [-0.3, -0.25) is 9.59 Å². The number of anilines is 1. The molecule has 0 radical (unpaired) electrons. The Hall–Kier alpha value is -2.69. The van der Waals surface area contributed by atoms with Crippen LogP contribution in [0.2, 0.25) is 0 Å². The van der Waals surface area contributed by atoms with E-state index in [2.05, 4.69) is 24.5 Å². The molecule has 0 saturated heterocycles. The number of hydrogen-bond acceptors (Lipinski definition) is 2. The summed E-state index contributed by atoms with van der Waals surface area (Å²) < 4.78 is 13.8. The fraction of sp³-hybridized carbons (Fsp3) is 0.333. The van der Waals surface area contributed by atoms with E-state index in [-0.39, 0.29) is 17.4 Å². The van der Waals surface area contributed by atoms with Gasteiger partial charge in [-0.05, 0) is 41.7 Å². The van der Waals surface area contributed by atoms with Crippen molar-refractivity contribution in [2.24, 2.45) is 5.92 Å². The summed E-state index contributed by atoms with van der Waals surface area (Å²) in [5.74, 6) is -1.30. The van der Waals surface area contributed by atoms with Crippen molar-refractivity contribution in [2.75, 3.05) is 5.32 Å². The molecule has 0 saturated carbocycles. The van der Waals surface area contributed by atoms with Crippen molar-refractivity contribution in [1.82, 2.24) is 5.32 Å². The molecule has 0 aliphatic carbocycles. The summed E-state index contributed by atoms with van der Waals surface area (Å²) >= 11 is 0. The van der Waals surface area contributed by atoms with Gasteiger partial charge in [0.05, 0.1) is 5.56 Å². The van der Waals surface area contributed by atoms with Gasteiger partial charge in [0.2, 0.25) is 5.91 Å². The van der Waals surface area contributed by atoms with Crippen LogP contribution >= 0.6 is 0 Å². The molecule has 0 spiro atoms. The predicted molar refractivity (Wildman–Crippen MR) is 102 cm³/mol. The van der Waals surface area contributed by atoms with Crippen LogP contribution in [0.15, 0.2) is 48.5 Å². The summed E-state index contributed by atoms with van der Waals surface area (Å²) in [4.78, 5) is 24.9. The topological polar surface area (TPSA) is 58.2 Å². The van der Waals surface area contributed by atoms with Gasteiger partial charge in [0.1, 0.15) is 11.9 Å². The molecule has 5 heteroatoms. The lowest BCUT2D eigenvalue weighted by Gasteiger charge is -2.22. The average Bonchev–Trinajstić information content (AvgIpc) is 2.59. The van der Waals surface area contributed by atoms with Gasteiger partial charge in [0, 0.05) is 5.69 Å². The van der Waals surface area contributed by atoms with E-state index in [9.17, 15) is 14.0 Å². The van der Waals surface area contributed by atoms with Crippen molar-refractivity contribution in [2.45, 2.75) is 39.7 Å². The van der Waals surface area contributed by atoms with Gasteiger partial charge in [-0.2, -0.15) is 0 Å². The lowest BCUT2D eigenvalue weighted by molar-refractivity contribution is -0.118. The summed E-state index contributed by atoms with van der Waals surface area (Å²) in [6, 6.07) is 12.5. The second kappa shape index (κ2) is 8.61. The molecule has 0 aromatic heterocycles. The molecule has 138 valence electrons. The number of nitrogens with one attached hydrogen (secondary N) is 2. The fourth-order valence-corrected chi connectivity index (χ4v) is 2.57. The highest BCUT2D eigenvalue weighted by molar-refractivity contribution is 6.01. The summed E-state index contributed by atoms with van der Waals surface area (Å²) in [5, 5.41) is 5.45. The Morgan fingerprint density at radius 3 is 2.08 bits per heavy atom. The number of carbonyl (C=O) groups is 2. The van der Waals surface area contributed by atoms with Gasteiger partial charge in [-0.25, -0.2) is 4.39 Å². The van der Waals surface area contributed by atoms with Gasteiger partial charge in [0.25, 0.3) is 5.91 Å². The molecule has 0 bridgehead atoms. The zero-order valence-corrected chi connectivity index (χ0v) is 15.5. The Morgan fingerprint density at radius 1 is 0.923 bits per heavy atom. The molecule has 0 heterocycles. The van der Waals surface area contributed by atoms with Gasteiger partial charge in [-0.15, -0.1) is 0 Å². The molecular formula is C21H25FN2O2. The predicted octanol–water partition coefficient (Wildman–Crippen LogP) is 4.34. The molecule has 0 aliphatic rings. The van der Waals surface area contributed by atoms with Crippen LogP contribution in [0, 0.1) is 11.7 Å². The Bertz CT molecular complexity index is 770. The number of hydrogen-bond donors (Lipinski definition) is 2. The van der Waals surface area contributed by atoms with Crippen LogP contribution in [-0.4, -0.2) is 17.9 Å². The van der Waals surface area contributed by atoms with E-state index in [0.717, 1.165) is 0 Å². The monoisotopic (exact) mass is 356 g/mol. The number of halogens is 1. The van der Waals surface area contributed by atoms with E-state index in [0.29, 0.717) is 11.6 Å². The van der Waals surface area contributed by atoms with Crippen LogP contribution in [0.1, 0.15) is 49.5 Å². The summed E-state index contributed by atoms with van der Waals surface area (Å²) in [5.41, 5.74) is 1.76. The van der Waals surface area contributed by atoms with E-state index in [1.807, 2.05) is 38.1 Å². The van der Waals surface area contributed by atoms with Gasteiger partial charge in [0.15, 0.2) is 0 Å². The standard InChI is InChI=1S/C21H25FN2O2/c1-13(2)15-9-11-16(12-10-15)23-21(26)19(14(3)4)24-20(25)17-7-5-6-8-18(17)22/h5-14,19H,1-4H3,(H,23,26)(H,24,25)/t19-/m0/s1. The molecule has 1 atom stereocenters. The van der Waals surface area contributed by atoms with Crippen molar-refractivity contribution < 1.29 is 14.0 Å². The van der Waals surface area contributed by atoms with Crippen LogP contribution in [0.4, 0.5) is 10.1 Å². The molecule has 0 unspecified atom stereocenters. The maximum atomic E-state index is 13.8. The van der Waals surface area contributed by atoms with E-state index in [1.165, 1.54) is 23.8 Å². The van der Waals surface area contributed by atoms with Crippen LogP contribution in [0.25, 0.3) is 0 Å². The van der Waals surface area contributed by atoms with Crippen LogP contribution < -0.4 is 10.6 Å². The lowest BCUT2D eigenvalue weighted by Crippen LogP contribution is -2.47. The Labute approximate surface area is 153 Å². The summed E-state index contributed by atoms with van der Waals surface area (Å²) in [6.07, 6.45) is 0. The van der Waals surface area contributed by atoms with Crippen molar-refractivity contribution in [3.8, 4) is 0 Å². The zero-order valence-electron chi connectivity index (χ0n) is 15.5. The molecule has 0 fully saturated rings. The van der Waals surface area contributed by atoms with E-state index >= 15 is 0 Å². The highest BCUT2D eigenvalue weighted by Crippen LogP contribution is 2.18. The Balaban J connectivity index is 2.10. The van der Waals surface area contributed by atoms with Gasteiger partial charge < -0.3 is 10.6 Å². The van der Waals surface area contributed by atoms with Gasteiger partial charge in [-0.1, -0.05) is 52.0 Å². The number of benzene rings is 2. The average molecular weight is 356 g/mol. The molecular weight excluding hydrogens is 331 g/mol. The molecule has 0 aliphatic heterocycles. The lowest BCUT2D eigenvalue weighted by atomic mass is 10.0. The first-order valence-electron chi connectivity index (χ1n) is 8.75. The SMILES string of the molecule is CC(C)c1ccc(NC(=O)[C@@H](NC(=O)c2ccccc2F)C(C)C)cc1. The fourth-order valence-electron chi connectivity index (χ4n) is 2.57. The van der Waals surface area contributed by atoms with E-state index < -0.39 is 17.8 Å². The highest BCUT2D eigenvalue weighted by Gasteiger charge is 2.25. The third-order valence-electron chi connectivity index (χ3n) is 4.20. The third-order valence-corrected chi connectivity index (χ3v) is 4.20. The Morgan fingerprint density at radius 2 is 1.54 bits per heavy atom. The highest BCUT2D eigenvalue weighted by atomic mass is 19.1. The summed E-state index contributed by atoms with van der Waals surface area (Å²) in [6.45, 7) is 7.85. The number of rotatable bonds is 6. The van der Waals surface area contributed by atoms with Crippen molar-refractivity contribution in [3.05, 3.63) is 65.5 Å². The smallest absolute Gasteiger partial charge is 0.254 e. The van der Waals surface area contributed by atoms with Crippen LogP contribution in [-0.2, 0) is 4.79 Å². The first-order valence-corrected chi connectivity index (χ1v) is 8.75. The number of amides is 2. The second-order valence-corrected chi connectivity index (χ2v) is 6.94. The molecule has 4 nitrogen and oxygen atoms in total. The molecule has 26 heavy (non-hydrogen) atoms. The second-order valence-electron chi connectivity index (χ2n) is 6.94. The van der Waals surface area contributed by atoms with Crippen LogP contribution in [0.3, 0.4) is 0 Å². The largest absolute Gasteiger partial charge is 0.340 e. The molecule has 2 N–H and O–H groups in total. The minimum atomic E-state index is -0.771. The van der Waals surface area contributed by atoms with Gasteiger partial charge >= 0.3 is 0 Å². The van der Waals surface area contributed by atoms with Crippen LogP contribution in [0.5, 0.6) is 0 Å². The maximum absolute atomic E-state index is 13.8. The first kappa shape index (κ1) is 19.6. The minimum Gasteiger partial charge on any atom is -0.340 e. The summed E-state index contributed by atoms with van der Waals surface area (Å²) in [7, 11) is 0. The van der Waals surface area contributed by atoms with Crippen molar-refractivity contribution >= 4 is 17.5 Å². The maximum Gasteiger partial charge on any atom is 0.254 e. The molecule has 2 aromatic rings. The third kappa shape index (κ3) is 4.91. The minimum absolute atomic E-state index is 0.0766. The number of carbonyl (C=O) groups excluding carboxylic acids is 2. The normalized spacial score (nSPS) is 12.1. The van der Waals surface area contributed by atoms with Crippen molar-refractivity contribution in [1.29, 1.82) is 0 Å². The van der Waals surface area contributed by atoms with Crippen molar-refractivity contribution in [3.63, 3.8) is 0 Å². The first-order chi connectivity index (χ1) is 12.3. The quantitative estimate of drug-likeness (QED) is 0.809. The Kier molecular flexibility index (Phi) is 6.50.